The standard InChI is InChI=1S/C14H17N3O3/c1-7(15)13(18)11(12(16)14(19)20)9-6-17-10-5-3-2-4-8(9)10/h2-7,11-12,17H,15-16H2,1H3,(H,19,20)/t7-,11+,12-/m0/s1. The van der Waals surface area contributed by atoms with Crippen molar-refractivity contribution in [3.63, 3.8) is 0 Å². The molecule has 1 aromatic heterocycles. The van der Waals surface area contributed by atoms with Gasteiger partial charge in [0.2, 0.25) is 0 Å². The summed E-state index contributed by atoms with van der Waals surface area (Å²) in [5.74, 6) is -2.58. The van der Waals surface area contributed by atoms with Crippen LogP contribution in [-0.4, -0.2) is 33.9 Å². The molecule has 0 bridgehead atoms. The summed E-state index contributed by atoms with van der Waals surface area (Å²) < 4.78 is 0. The maximum atomic E-state index is 12.2. The van der Waals surface area contributed by atoms with Gasteiger partial charge in [-0.15, -0.1) is 0 Å². The number of nitrogens with one attached hydrogen (secondary N) is 1. The Bertz CT molecular complexity index is 648. The quantitative estimate of drug-likeness (QED) is 0.635. The molecule has 0 saturated carbocycles. The van der Waals surface area contributed by atoms with Gasteiger partial charge >= 0.3 is 5.97 Å². The van der Waals surface area contributed by atoms with Crippen molar-refractivity contribution < 1.29 is 14.7 Å². The normalized spacial score (nSPS) is 15.8. The van der Waals surface area contributed by atoms with Crippen LogP contribution in [0.15, 0.2) is 30.5 Å². The number of H-pyrrole nitrogens is 1. The molecule has 0 aliphatic heterocycles. The molecule has 2 aromatic rings. The second-order valence-corrected chi connectivity index (χ2v) is 4.82. The van der Waals surface area contributed by atoms with Crippen molar-refractivity contribution in [3.05, 3.63) is 36.0 Å². The smallest absolute Gasteiger partial charge is 0.321 e. The molecule has 1 aromatic carbocycles. The molecule has 2 rings (SSSR count). The molecule has 106 valence electrons. The number of rotatable bonds is 5. The number of fused-ring (bicyclic) bond motifs is 1. The van der Waals surface area contributed by atoms with E-state index in [-0.39, 0.29) is 5.78 Å². The number of carbonyl (C=O) groups is 2. The van der Waals surface area contributed by atoms with Crippen LogP contribution in [0.1, 0.15) is 18.4 Å². The summed E-state index contributed by atoms with van der Waals surface area (Å²) in [6, 6.07) is 5.23. The van der Waals surface area contributed by atoms with Crippen LogP contribution in [0.4, 0.5) is 0 Å². The summed E-state index contributed by atoms with van der Waals surface area (Å²) in [6.45, 7) is 1.53. The summed E-state index contributed by atoms with van der Waals surface area (Å²) in [7, 11) is 0. The van der Waals surface area contributed by atoms with Gasteiger partial charge < -0.3 is 21.6 Å². The molecule has 0 saturated heterocycles. The summed E-state index contributed by atoms with van der Waals surface area (Å²) in [4.78, 5) is 26.4. The third-order valence-electron chi connectivity index (χ3n) is 3.36. The van der Waals surface area contributed by atoms with Crippen LogP contribution in [0, 0.1) is 0 Å². The molecule has 1 heterocycles. The first-order chi connectivity index (χ1) is 9.43. The van der Waals surface area contributed by atoms with E-state index in [9.17, 15) is 9.59 Å². The molecule has 3 atom stereocenters. The zero-order valence-corrected chi connectivity index (χ0v) is 11.0. The van der Waals surface area contributed by atoms with E-state index in [1.165, 1.54) is 6.92 Å². The number of aliphatic carboxylic acids is 1. The van der Waals surface area contributed by atoms with E-state index < -0.39 is 24.0 Å². The number of aromatic nitrogens is 1. The molecule has 0 spiro atoms. The number of carboxylic acid groups (broad SMARTS) is 1. The van der Waals surface area contributed by atoms with E-state index >= 15 is 0 Å². The second-order valence-electron chi connectivity index (χ2n) is 4.82. The van der Waals surface area contributed by atoms with Gasteiger partial charge in [-0.3, -0.25) is 9.59 Å². The Labute approximate surface area is 115 Å². The van der Waals surface area contributed by atoms with Crippen LogP contribution in [-0.2, 0) is 9.59 Å². The first-order valence-electron chi connectivity index (χ1n) is 6.27. The minimum Gasteiger partial charge on any atom is -0.480 e. The Hall–Kier alpha value is -2.18. The number of aromatic amines is 1. The van der Waals surface area contributed by atoms with Gasteiger partial charge in [0.25, 0.3) is 0 Å². The number of para-hydroxylation sites is 1. The Morgan fingerprint density at radius 1 is 1.25 bits per heavy atom. The molecule has 0 aliphatic rings. The highest BCUT2D eigenvalue weighted by molar-refractivity contribution is 5.99. The Morgan fingerprint density at radius 2 is 1.90 bits per heavy atom. The molecule has 6 nitrogen and oxygen atoms in total. The highest BCUT2D eigenvalue weighted by Crippen LogP contribution is 2.29. The van der Waals surface area contributed by atoms with Crippen molar-refractivity contribution in [2.45, 2.75) is 24.9 Å². The van der Waals surface area contributed by atoms with Crippen molar-refractivity contribution >= 4 is 22.7 Å². The zero-order valence-electron chi connectivity index (χ0n) is 11.0. The van der Waals surface area contributed by atoms with Crippen LogP contribution in [0.3, 0.4) is 0 Å². The topological polar surface area (TPSA) is 122 Å². The molecule has 0 amide bonds. The number of benzene rings is 1. The van der Waals surface area contributed by atoms with Gasteiger partial charge in [-0.25, -0.2) is 0 Å². The summed E-state index contributed by atoms with van der Waals surface area (Å²) in [6.07, 6.45) is 1.62. The largest absolute Gasteiger partial charge is 0.480 e. The fourth-order valence-electron chi connectivity index (χ4n) is 2.30. The van der Waals surface area contributed by atoms with Crippen LogP contribution in [0.5, 0.6) is 0 Å². The maximum absolute atomic E-state index is 12.2. The molecule has 6 heteroatoms. The number of nitrogens with two attached hydrogens (primary N) is 2. The van der Waals surface area contributed by atoms with Gasteiger partial charge in [-0.1, -0.05) is 18.2 Å². The third kappa shape index (κ3) is 2.43. The number of hydrogen-bond donors (Lipinski definition) is 4. The lowest BCUT2D eigenvalue weighted by Gasteiger charge is -2.21. The fourth-order valence-corrected chi connectivity index (χ4v) is 2.30. The number of Topliss-reactive ketones (excluding diaryl/α,β-unsaturated/α-hetero) is 1. The average molecular weight is 275 g/mol. The third-order valence-corrected chi connectivity index (χ3v) is 3.36. The molecular formula is C14H17N3O3. The lowest BCUT2D eigenvalue weighted by molar-refractivity contribution is -0.141. The summed E-state index contributed by atoms with van der Waals surface area (Å²) in [5.41, 5.74) is 12.7. The predicted molar refractivity (Wildman–Crippen MR) is 75.3 cm³/mol. The van der Waals surface area contributed by atoms with E-state index in [2.05, 4.69) is 4.98 Å². The van der Waals surface area contributed by atoms with E-state index in [0.29, 0.717) is 5.56 Å². The number of carboxylic acids is 1. The number of hydrogen-bond acceptors (Lipinski definition) is 4. The second kappa shape index (κ2) is 5.44. The first-order valence-corrected chi connectivity index (χ1v) is 6.27. The molecule has 6 N–H and O–H groups in total. The van der Waals surface area contributed by atoms with E-state index in [1.54, 1.807) is 6.20 Å². The highest BCUT2D eigenvalue weighted by Gasteiger charge is 2.35. The molecule has 0 fully saturated rings. The van der Waals surface area contributed by atoms with Crippen molar-refractivity contribution in [1.82, 2.24) is 4.98 Å². The number of carbonyl (C=O) groups excluding carboxylic acids is 1. The van der Waals surface area contributed by atoms with Gasteiger partial charge in [0, 0.05) is 17.1 Å². The first kappa shape index (κ1) is 14.2. The molecule has 0 aliphatic carbocycles. The van der Waals surface area contributed by atoms with Crippen LogP contribution in [0.25, 0.3) is 10.9 Å². The molecular weight excluding hydrogens is 258 g/mol. The Balaban J connectivity index is 2.56. The predicted octanol–water partition coefficient (Wildman–Crippen LogP) is 0.580. The van der Waals surface area contributed by atoms with Gasteiger partial charge in [-0.2, -0.15) is 0 Å². The van der Waals surface area contributed by atoms with Crippen molar-refractivity contribution in [1.29, 1.82) is 0 Å². The highest BCUT2D eigenvalue weighted by atomic mass is 16.4. The number of ketones is 1. The van der Waals surface area contributed by atoms with E-state index in [4.69, 9.17) is 16.6 Å². The fraction of sp³-hybridized carbons (Fsp3) is 0.286. The SMILES string of the molecule is C[C@H](N)C(=O)[C@H](c1c[nH]c2ccccc12)[C@H](N)C(=O)O. The monoisotopic (exact) mass is 275 g/mol. The summed E-state index contributed by atoms with van der Waals surface area (Å²) in [5, 5.41) is 9.91. The average Bonchev–Trinajstić information content (AvgIpc) is 2.82. The van der Waals surface area contributed by atoms with Crippen LogP contribution < -0.4 is 11.5 Å². The molecule has 20 heavy (non-hydrogen) atoms. The van der Waals surface area contributed by atoms with Gasteiger partial charge in [0.15, 0.2) is 5.78 Å². The Kier molecular flexibility index (Phi) is 3.87. The maximum Gasteiger partial charge on any atom is 0.321 e. The van der Waals surface area contributed by atoms with E-state index in [1.807, 2.05) is 24.3 Å². The minimum atomic E-state index is -1.33. The van der Waals surface area contributed by atoms with Gasteiger partial charge in [-0.05, 0) is 18.6 Å². The minimum absolute atomic E-state index is 0.385. The van der Waals surface area contributed by atoms with Crippen molar-refractivity contribution in [2.75, 3.05) is 0 Å². The Morgan fingerprint density at radius 3 is 2.50 bits per heavy atom. The van der Waals surface area contributed by atoms with Gasteiger partial charge in [0.1, 0.15) is 6.04 Å². The summed E-state index contributed by atoms with van der Waals surface area (Å²) >= 11 is 0. The van der Waals surface area contributed by atoms with Crippen molar-refractivity contribution in [3.8, 4) is 0 Å². The molecule has 0 unspecified atom stereocenters. The van der Waals surface area contributed by atoms with Crippen LogP contribution in [0.2, 0.25) is 0 Å². The lowest BCUT2D eigenvalue weighted by Crippen LogP contribution is -2.45. The lowest BCUT2D eigenvalue weighted by atomic mass is 9.85. The van der Waals surface area contributed by atoms with Gasteiger partial charge in [0.05, 0.1) is 12.0 Å². The van der Waals surface area contributed by atoms with Crippen LogP contribution >= 0.6 is 0 Å². The van der Waals surface area contributed by atoms with Crippen molar-refractivity contribution in [2.24, 2.45) is 11.5 Å². The zero-order chi connectivity index (χ0) is 14.9. The van der Waals surface area contributed by atoms with E-state index in [0.717, 1.165) is 10.9 Å². The molecule has 0 radical (unpaired) electrons.